The first-order valence-corrected chi connectivity index (χ1v) is 11.0. The number of nitrogens with zero attached hydrogens (tertiary/aromatic N) is 2. The van der Waals surface area contributed by atoms with E-state index in [1.165, 1.54) is 27.6 Å². The third kappa shape index (κ3) is 2.94. The molecule has 2 aromatic heterocycles. The van der Waals surface area contributed by atoms with Gasteiger partial charge in [-0.25, -0.2) is 4.98 Å². The Kier molecular flexibility index (Phi) is 4.49. The maximum absolute atomic E-state index is 13.1. The number of anilines is 1. The fourth-order valence-corrected chi connectivity index (χ4v) is 5.53. The van der Waals surface area contributed by atoms with Crippen LogP contribution in [0, 0.1) is 6.92 Å². The van der Waals surface area contributed by atoms with E-state index >= 15 is 0 Å². The molecular formula is C23H16N2O3S2. The van der Waals surface area contributed by atoms with Crippen molar-refractivity contribution >= 4 is 55.5 Å². The molecule has 1 amide bonds. The molecular weight excluding hydrogens is 416 g/mol. The zero-order valence-corrected chi connectivity index (χ0v) is 17.5. The minimum absolute atomic E-state index is 0.0871. The van der Waals surface area contributed by atoms with E-state index in [0.29, 0.717) is 10.7 Å². The Hall–Kier alpha value is -3.29. The standard InChI is InChI=1S/C23H16N2O3S2/c1-13-9-10-15-17(12-13)30-23(24-15)25-19(16-8-5-11-29-16)18(21(27)22(25)28)20(26)14-6-3-2-4-7-14/h2-12,19,26H,1H3/b20-18+. The number of hydrogen-bond acceptors (Lipinski definition) is 6. The first-order chi connectivity index (χ1) is 14.5. The van der Waals surface area contributed by atoms with Gasteiger partial charge in [-0.2, -0.15) is 0 Å². The minimum Gasteiger partial charge on any atom is -0.507 e. The minimum atomic E-state index is -0.716. The molecule has 3 heterocycles. The van der Waals surface area contributed by atoms with Crippen molar-refractivity contribution in [2.75, 3.05) is 4.90 Å². The predicted octanol–water partition coefficient (Wildman–Crippen LogP) is 5.29. The summed E-state index contributed by atoms with van der Waals surface area (Å²) < 4.78 is 0.944. The second kappa shape index (κ2) is 7.19. The molecule has 1 aliphatic heterocycles. The largest absolute Gasteiger partial charge is 0.507 e. The molecule has 5 rings (SSSR count). The topological polar surface area (TPSA) is 70.5 Å². The van der Waals surface area contributed by atoms with Gasteiger partial charge in [-0.3, -0.25) is 14.5 Å². The van der Waals surface area contributed by atoms with E-state index in [1.807, 2.05) is 48.7 Å². The number of amides is 1. The molecule has 0 aliphatic carbocycles. The van der Waals surface area contributed by atoms with Crippen LogP contribution in [0.5, 0.6) is 0 Å². The quantitative estimate of drug-likeness (QED) is 0.271. The Labute approximate surface area is 180 Å². The smallest absolute Gasteiger partial charge is 0.301 e. The van der Waals surface area contributed by atoms with Crippen molar-refractivity contribution in [3.8, 4) is 0 Å². The fraction of sp³-hybridized carbons (Fsp3) is 0.0870. The average molecular weight is 433 g/mol. The summed E-state index contributed by atoms with van der Waals surface area (Å²) in [5.41, 5.74) is 2.45. The van der Waals surface area contributed by atoms with Gasteiger partial charge in [0.2, 0.25) is 0 Å². The van der Waals surface area contributed by atoms with Crippen LogP contribution in [0.1, 0.15) is 22.0 Å². The SMILES string of the molecule is Cc1ccc2nc(N3C(=O)C(=O)/C(=C(/O)c4ccccc4)C3c3cccs3)sc2c1. The highest BCUT2D eigenvalue weighted by molar-refractivity contribution is 7.22. The number of carbonyl (C=O) groups is 2. The van der Waals surface area contributed by atoms with Gasteiger partial charge in [0, 0.05) is 10.4 Å². The summed E-state index contributed by atoms with van der Waals surface area (Å²) >= 11 is 2.80. The van der Waals surface area contributed by atoms with Crippen LogP contribution in [-0.4, -0.2) is 21.8 Å². The van der Waals surface area contributed by atoms with Crippen LogP contribution in [0.2, 0.25) is 0 Å². The van der Waals surface area contributed by atoms with Crippen LogP contribution in [0.4, 0.5) is 5.13 Å². The van der Waals surface area contributed by atoms with Crippen LogP contribution >= 0.6 is 22.7 Å². The third-order valence-electron chi connectivity index (χ3n) is 5.04. The molecule has 1 unspecified atom stereocenters. The van der Waals surface area contributed by atoms with Gasteiger partial charge >= 0.3 is 5.91 Å². The maximum Gasteiger partial charge on any atom is 0.301 e. The summed E-state index contributed by atoms with van der Waals surface area (Å²) in [7, 11) is 0. The first-order valence-electron chi connectivity index (χ1n) is 9.31. The van der Waals surface area contributed by atoms with E-state index in [-0.39, 0.29) is 11.3 Å². The molecule has 0 spiro atoms. The molecule has 1 atom stereocenters. The Morgan fingerprint density at radius 2 is 1.87 bits per heavy atom. The number of thiazole rings is 1. The Morgan fingerprint density at radius 1 is 1.07 bits per heavy atom. The number of carbonyl (C=O) groups excluding carboxylic acids is 2. The Morgan fingerprint density at radius 3 is 2.60 bits per heavy atom. The predicted molar refractivity (Wildman–Crippen MR) is 120 cm³/mol. The summed E-state index contributed by atoms with van der Waals surface area (Å²) in [6, 6.07) is 17.7. The van der Waals surface area contributed by atoms with Crippen LogP contribution in [-0.2, 0) is 9.59 Å². The molecule has 148 valence electrons. The van der Waals surface area contributed by atoms with Crippen molar-refractivity contribution < 1.29 is 14.7 Å². The van der Waals surface area contributed by atoms with Gasteiger partial charge < -0.3 is 5.11 Å². The number of ketones is 1. The molecule has 4 aromatic rings. The highest BCUT2D eigenvalue weighted by Gasteiger charge is 2.48. The summed E-state index contributed by atoms with van der Waals surface area (Å²) in [5, 5.41) is 13.3. The second-order valence-corrected chi connectivity index (χ2v) is 9.01. The van der Waals surface area contributed by atoms with Crippen molar-refractivity contribution in [3.05, 3.63) is 87.6 Å². The average Bonchev–Trinajstić information content (AvgIpc) is 3.47. The molecule has 1 fully saturated rings. The third-order valence-corrected chi connectivity index (χ3v) is 6.99. The van der Waals surface area contributed by atoms with E-state index in [0.717, 1.165) is 20.7 Å². The van der Waals surface area contributed by atoms with Gasteiger partial charge in [0.15, 0.2) is 5.13 Å². The van der Waals surface area contributed by atoms with Gasteiger partial charge in [0.1, 0.15) is 11.8 Å². The molecule has 2 aromatic carbocycles. The van der Waals surface area contributed by atoms with E-state index in [1.54, 1.807) is 24.3 Å². The molecule has 30 heavy (non-hydrogen) atoms. The van der Waals surface area contributed by atoms with Gasteiger partial charge in [-0.1, -0.05) is 53.8 Å². The van der Waals surface area contributed by atoms with Crippen LogP contribution in [0.15, 0.2) is 71.6 Å². The number of hydrogen-bond donors (Lipinski definition) is 1. The normalized spacial score (nSPS) is 18.4. The Balaban J connectivity index is 1.72. The maximum atomic E-state index is 13.1. The number of Topliss-reactive ketones (excluding diaryl/α,β-unsaturated/α-hetero) is 1. The zero-order chi connectivity index (χ0) is 20.8. The van der Waals surface area contributed by atoms with E-state index in [2.05, 4.69) is 4.98 Å². The number of aryl methyl sites for hydroxylation is 1. The van der Waals surface area contributed by atoms with Crippen molar-refractivity contribution in [1.29, 1.82) is 0 Å². The van der Waals surface area contributed by atoms with Crippen LogP contribution < -0.4 is 4.90 Å². The summed E-state index contributed by atoms with van der Waals surface area (Å²) in [6.45, 7) is 2.00. The lowest BCUT2D eigenvalue weighted by atomic mass is 10.00. The zero-order valence-electron chi connectivity index (χ0n) is 15.9. The van der Waals surface area contributed by atoms with Crippen molar-refractivity contribution in [3.63, 3.8) is 0 Å². The van der Waals surface area contributed by atoms with Crippen LogP contribution in [0.3, 0.4) is 0 Å². The van der Waals surface area contributed by atoms with Gasteiger partial charge in [0.25, 0.3) is 5.78 Å². The second-order valence-electron chi connectivity index (χ2n) is 7.02. The molecule has 5 nitrogen and oxygen atoms in total. The van der Waals surface area contributed by atoms with Gasteiger partial charge in [-0.05, 0) is 36.1 Å². The lowest BCUT2D eigenvalue weighted by Crippen LogP contribution is -2.28. The summed E-state index contributed by atoms with van der Waals surface area (Å²) in [5.74, 6) is -1.56. The molecule has 0 radical (unpaired) electrons. The number of rotatable bonds is 3. The van der Waals surface area contributed by atoms with Gasteiger partial charge in [-0.15, -0.1) is 11.3 Å². The molecule has 1 aliphatic rings. The number of benzene rings is 2. The first kappa shape index (κ1) is 18.7. The highest BCUT2D eigenvalue weighted by Crippen LogP contribution is 2.45. The molecule has 1 saturated heterocycles. The van der Waals surface area contributed by atoms with E-state index in [9.17, 15) is 14.7 Å². The van der Waals surface area contributed by atoms with Crippen LogP contribution in [0.25, 0.3) is 16.0 Å². The number of aliphatic hydroxyl groups excluding tert-OH is 1. The molecule has 0 bridgehead atoms. The van der Waals surface area contributed by atoms with Gasteiger partial charge in [0.05, 0.1) is 15.8 Å². The van der Waals surface area contributed by atoms with E-state index < -0.39 is 17.7 Å². The number of thiophene rings is 1. The monoisotopic (exact) mass is 432 g/mol. The highest BCUT2D eigenvalue weighted by atomic mass is 32.1. The molecule has 1 N–H and O–H groups in total. The van der Waals surface area contributed by atoms with Crippen molar-refractivity contribution in [2.45, 2.75) is 13.0 Å². The number of aromatic nitrogens is 1. The lowest BCUT2D eigenvalue weighted by Gasteiger charge is -2.21. The number of fused-ring (bicyclic) bond motifs is 1. The van der Waals surface area contributed by atoms with Crippen molar-refractivity contribution in [1.82, 2.24) is 4.98 Å². The Bertz CT molecular complexity index is 1310. The fourth-order valence-electron chi connectivity index (χ4n) is 3.62. The molecule has 7 heteroatoms. The summed E-state index contributed by atoms with van der Waals surface area (Å²) in [4.78, 5) is 33.0. The van der Waals surface area contributed by atoms with E-state index in [4.69, 9.17) is 0 Å². The number of aliphatic hydroxyl groups is 1. The lowest BCUT2D eigenvalue weighted by molar-refractivity contribution is -0.132. The van der Waals surface area contributed by atoms with Crippen molar-refractivity contribution in [2.24, 2.45) is 0 Å². The molecule has 0 saturated carbocycles. The summed E-state index contributed by atoms with van der Waals surface area (Å²) in [6.07, 6.45) is 0.